The summed E-state index contributed by atoms with van der Waals surface area (Å²) >= 11 is 11.7. The number of ether oxygens (including phenoxy) is 1. The molecule has 2 aromatic rings. The molecule has 1 aromatic carbocycles. The first-order chi connectivity index (χ1) is 12.8. The number of esters is 1. The molecule has 6 nitrogen and oxygen atoms in total. The highest BCUT2D eigenvalue weighted by atomic mass is 35.5. The highest BCUT2D eigenvalue weighted by molar-refractivity contribution is 6.36. The lowest BCUT2D eigenvalue weighted by Gasteiger charge is -2.21. The minimum absolute atomic E-state index is 0.151. The SMILES string of the molecule is CCN(CC)c1ccc(C(=O)O[C@H](C)C(=O)Nc2ncc(Cl)cc2Cl)cc1. The Kier molecular flexibility index (Phi) is 7.45. The molecule has 0 bridgehead atoms. The molecule has 1 N–H and O–H groups in total. The average Bonchev–Trinajstić information content (AvgIpc) is 2.65. The second kappa shape index (κ2) is 9.58. The molecular formula is C19H21Cl2N3O3. The second-order valence-corrected chi connectivity index (χ2v) is 6.58. The molecule has 0 aliphatic heterocycles. The van der Waals surface area contributed by atoms with Crippen molar-refractivity contribution in [3.63, 3.8) is 0 Å². The first-order valence-electron chi connectivity index (χ1n) is 8.53. The minimum Gasteiger partial charge on any atom is -0.449 e. The van der Waals surface area contributed by atoms with Gasteiger partial charge in [0.1, 0.15) is 0 Å². The molecule has 2 rings (SSSR count). The minimum atomic E-state index is -1.02. The van der Waals surface area contributed by atoms with E-state index in [2.05, 4.69) is 29.0 Å². The number of carbonyl (C=O) groups excluding carboxylic acids is 2. The van der Waals surface area contributed by atoms with Gasteiger partial charge in [0.2, 0.25) is 0 Å². The zero-order valence-electron chi connectivity index (χ0n) is 15.3. The molecule has 8 heteroatoms. The normalized spacial score (nSPS) is 11.6. The number of rotatable bonds is 7. The van der Waals surface area contributed by atoms with E-state index >= 15 is 0 Å². The number of halogens is 2. The summed E-state index contributed by atoms with van der Waals surface area (Å²) in [7, 11) is 0. The van der Waals surface area contributed by atoms with Gasteiger partial charge in [-0.15, -0.1) is 0 Å². The van der Waals surface area contributed by atoms with Gasteiger partial charge < -0.3 is 15.0 Å². The highest BCUT2D eigenvalue weighted by Gasteiger charge is 2.20. The highest BCUT2D eigenvalue weighted by Crippen LogP contribution is 2.23. The van der Waals surface area contributed by atoms with Crippen LogP contribution in [0.2, 0.25) is 10.0 Å². The van der Waals surface area contributed by atoms with Gasteiger partial charge in [-0.05, 0) is 51.1 Å². The third kappa shape index (κ3) is 5.58. The molecular weight excluding hydrogens is 389 g/mol. The number of benzene rings is 1. The molecule has 0 radical (unpaired) electrons. The molecule has 0 unspecified atom stereocenters. The number of hydrogen-bond acceptors (Lipinski definition) is 5. The third-order valence-electron chi connectivity index (χ3n) is 3.93. The fourth-order valence-corrected chi connectivity index (χ4v) is 2.83. The number of nitrogens with zero attached hydrogens (tertiary/aromatic N) is 2. The largest absolute Gasteiger partial charge is 0.449 e. The second-order valence-electron chi connectivity index (χ2n) is 5.74. The number of nitrogens with one attached hydrogen (secondary N) is 1. The summed E-state index contributed by atoms with van der Waals surface area (Å²) in [5, 5.41) is 3.06. The Balaban J connectivity index is 1.98. The molecule has 1 amide bonds. The Morgan fingerprint density at radius 1 is 1.19 bits per heavy atom. The van der Waals surface area contributed by atoms with Crippen molar-refractivity contribution in [3.05, 3.63) is 52.1 Å². The summed E-state index contributed by atoms with van der Waals surface area (Å²) < 4.78 is 5.23. The zero-order chi connectivity index (χ0) is 20.0. The van der Waals surface area contributed by atoms with Crippen LogP contribution in [0.4, 0.5) is 11.5 Å². The fourth-order valence-electron chi connectivity index (χ4n) is 2.40. The maximum atomic E-state index is 12.3. The number of anilines is 2. The van der Waals surface area contributed by atoms with Crippen LogP contribution in [0.1, 0.15) is 31.1 Å². The van der Waals surface area contributed by atoms with Gasteiger partial charge in [-0.25, -0.2) is 9.78 Å². The van der Waals surface area contributed by atoms with Crippen LogP contribution in [-0.4, -0.2) is 36.1 Å². The third-order valence-corrected chi connectivity index (χ3v) is 4.43. The van der Waals surface area contributed by atoms with Crippen molar-refractivity contribution in [1.82, 2.24) is 4.98 Å². The van der Waals surface area contributed by atoms with E-state index in [0.717, 1.165) is 18.8 Å². The van der Waals surface area contributed by atoms with E-state index in [9.17, 15) is 9.59 Å². The molecule has 1 heterocycles. The van der Waals surface area contributed by atoms with E-state index in [1.165, 1.54) is 19.2 Å². The molecule has 0 saturated carbocycles. The van der Waals surface area contributed by atoms with Gasteiger partial charge in [-0.2, -0.15) is 0 Å². The van der Waals surface area contributed by atoms with Crippen molar-refractivity contribution in [2.45, 2.75) is 26.9 Å². The Morgan fingerprint density at radius 3 is 2.37 bits per heavy atom. The Hall–Kier alpha value is -2.31. The molecule has 0 saturated heterocycles. The van der Waals surface area contributed by atoms with Crippen molar-refractivity contribution in [2.75, 3.05) is 23.3 Å². The quantitative estimate of drug-likeness (QED) is 0.685. The average molecular weight is 410 g/mol. The molecule has 0 spiro atoms. The molecule has 27 heavy (non-hydrogen) atoms. The van der Waals surface area contributed by atoms with Crippen LogP contribution < -0.4 is 10.2 Å². The number of hydrogen-bond donors (Lipinski definition) is 1. The smallest absolute Gasteiger partial charge is 0.338 e. The van der Waals surface area contributed by atoms with Crippen LogP contribution in [0, 0.1) is 0 Å². The first kappa shape index (κ1) is 21.0. The maximum Gasteiger partial charge on any atom is 0.338 e. The van der Waals surface area contributed by atoms with E-state index < -0.39 is 18.0 Å². The summed E-state index contributed by atoms with van der Waals surface area (Å²) in [4.78, 5) is 30.6. The monoisotopic (exact) mass is 409 g/mol. The Morgan fingerprint density at radius 2 is 1.81 bits per heavy atom. The van der Waals surface area contributed by atoms with Crippen LogP contribution in [0.3, 0.4) is 0 Å². The zero-order valence-corrected chi connectivity index (χ0v) is 16.8. The van der Waals surface area contributed by atoms with Gasteiger partial charge in [0, 0.05) is 25.0 Å². The van der Waals surface area contributed by atoms with Crippen molar-refractivity contribution >= 4 is 46.6 Å². The van der Waals surface area contributed by atoms with E-state index in [-0.39, 0.29) is 10.8 Å². The molecule has 144 valence electrons. The van der Waals surface area contributed by atoms with E-state index in [4.69, 9.17) is 27.9 Å². The molecule has 0 aliphatic carbocycles. The predicted molar refractivity (Wildman–Crippen MR) is 108 cm³/mol. The van der Waals surface area contributed by atoms with Gasteiger partial charge in [-0.3, -0.25) is 4.79 Å². The lowest BCUT2D eigenvalue weighted by atomic mass is 10.2. The number of carbonyl (C=O) groups is 2. The molecule has 1 aromatic heterocycles. The van der Waals surface area contributed by atoms with Crippen LogP contribution in [-0.2, 0) is 9.53 Å². The lowest BCUT2D eigenvalue weighted by molar-refractivity contribution is -0.123. The molecule has 0 aliphatic rings. The number of amides is 1. The molecule has 0 fully saturated rings. The van der Waals surface area contributed by atoms with Crippen molar-refractivity contribution in [1.29, 1.82) is 0 Å². The Bertz CT molecular complexity index is 808. The maximum absolute atomic E-state index is 12.3. The van der Waals surface area contributed by atoms with Gasteiger partial charge in [-0.1, -0.05) is 23.2 Å². The number of pyridine rings is 1. The lowest BCUT2D eigenvalue weighted by Crippen LogP contribution is -2.30. The van der Waals surface area contributed by atoms with Crippen molar-refractivity contribution in [3.8, 4) is 0 Å². The van der Waals surface area contributed by atoms with E-state index in [0.29, 0.717) is 10.6 Å². The van der Waals surface area contributed by atoms with E-state index in [1.807, 2.05) is 12.1 Å². The summed E-state index contributed by atoms with van der Waals surface area (Å²) in [6.45, 7) is 7.35. The predicted octanol–water partition coefficient (Wildman–Crippen LogP) is 4.42. The van der Waals surface area contributed by atoms with Crippen molar-refractivity contribution in [2.24, 2.45) is 0 Å². The van der Waals surface area contributed by atoms with E-state index in [1.54, 1.807) is 12.1 Å². The van der Waals surface area contributed by atoms with Crippen LogP contribution in [0.15, 0.2) is 36.5 Å². The summed E-state index contributed by atoms with van der Waals surface area (Å²) in [6, 6.07) is 8.52. The number of aromatic nitrogens is 1. The van der Waals surface area contributed by atoms with Crippen LogP contribution in [0.5, 0.6) is 0 Å². The van der Waals surface area contributed by atoms with Gasteiger partial charge >= 0.3 is 5.97 Å². The van der Waals surface area contributed by atoms with Gasteiger partial charge in [0.05, 0.1) is 15.6 Å². The fraction of sp³-hybridized carbons (Fsp3) is 0.316. The standard InChI is InChI=1S/C19H21Cl2N3O3/c1-4-24(5-2)15-8-6-13(7-9-15)19(26)27-12(3)18(25)23-17-16(21)10-14(20)11-22-17/h6-12H,4-5H2,1-3H3,(H,22,23,25)/t12-/m1/s1. The summed E-state index contributed by atoms with van der Waals surface area (Å²) in [6.07, 6.45) is 0.338. The van der Waals surface area contributed by atoms with Crippen LogP contribution >= 0.6 is 23.2 Å². The van der Waals surface area contributed by atoms with Crippen LogP contribution in [0.25, 0.3) is 0 Å². The first-order valence-corrected chi connectivity index (χ1v) is 9.29. The Labute approximate surface area is 168 Å². The van der Waals surface area contributed by atoms with Gasteiger partial charge in [0.25, 0.3) is 5.91 Å². The summed E-state index contributed by atoms with van der Waals surface area (Å²) in [5.74, 6) is -0.976. The molecule has 1 atom stereocenters. The summed E-state index contributed by atoms with van der Waals surface area (Å²) in [5.41, 5.74) is 1.39. The van der Waals surface area contributed by atoms with Gasteiger partial charge in [0.15, 0.2) is 11.9 Å². The van der Waals surface area contributed by atoms with Crippen molar-refractivity contribution < 1.29 is 14.3 Å². The topological polar surface area (TPSA) is 71.5 Å².